The molecule has 3 aromatic carbocycles. The summed E-state index contributed by atoms with van der Waals surface area (Å²) in [6.45, 7) is 22.5. The quantitative estimate of drug-likeness (QED) is 0.0680. The number of fused-ring (bicyclic) bond motifs is 6. The predicted octanol–water partition coefficient (Wildman–Crippen LogP) is 11.7. The first-order chi connectivity index (χ1) is 48.9. The predicted molar refractivity (Wildman–Crippen MR) is 383 cm³/mol. The number of likely N-dealkylation sites (N-methyl/N-ethyl adjacent to an activating group) is 2. The van der Waals surface area contributed by atoms with Crippen molar-refractivity contribution in [3.63, 3.8) is 0 Å². The number of ketones is 2. The molecule has 27 heteroatoms. The third kappa shape index (κ3) is 16.1. The van der Waals surface area contributed by atoms with Gasteiger partial charge in [0, 0.05) is 122 Å². The number of amides is 4. The van der Waals surface area contributed by atoms with Gasteiger partial charge in [-0.15, -0.1) is 0 Å². The number of aliphatic hydroxyl groups is 1. The Balaban J connectivity index is 0.000000199. The molecule has 4 amide bonds. The number of benzene rings is 3. The van der Waals surface area contributed by atoms with Crippen molar-refractivity contribution < 1.29 is 82.0 Å². The van der Waals surface area contributed by atoms with E-state index in [4.69, 9.17) is 24.7 Å². The zero-order chi connectivity index (χ0) is 75.8. The molecule has 3 spiro atoms. The summed E-state index contributed by atoms with van der Waals surface area (Å²) in [4.78, 5) is 87.4. The second-order valence-electron chi connectivity index (χ2n) is 29.3. The largest absolute Gasteiger partial charge is 0.493 e. The highest BCUT2D eigenvalue weighted by Gasteiger charge is 2.51. The van der Waals surface area contributed by atoms with Crippen molar-refractivity contribution in [2.75, 3.05) is 93.3 Å². The van der Waals surface area contributed by atoms with Gasteiger partial charge in [-0.3, -0.25) is 43.5 Å². The van der Waals surface area contributed by atoms with Crippen molar-refractivity contribution in [3.05, 3.63) is 153 Å². The number of alkyl halides is 6. The van der Waals surface area contributed by atoms with Crippen LogP contribution in [0.25, 0.3) is 0 Å². The minimum absolute atomic E-state index is 0. The van der Waals surface area contributed by atoms with Crippen molar-refractivity contribution in [2.24, 2.45) is 5.73 Å². The number of primary amides is 1. The lowest BCUT2D eigenvalue weighted by molar-refractivity contribution is -0.145. The number of Topliss-reactive ketones (excluding diaryl/α,β-unsaturated/α-hetero) is 2. The topological polar surface area (TPSA) is 220 Å². The van der Waals surface area contributed by atoms with Gasteiger partial charge in [-0.25, -0.2) is 0 Å². The number of hydrogen-bond acceptors (Lipinski definition) is 14. The average Bonchev–Trinajstić information content (AvgIpc) is 1.47. The Bertz CT molecular complexity index is 4160. The van der Waals surface area contributed by atoms with Crippen LogP contribution in [0.15, 0.2) is 91.0 Å². The van der Waals surface area contributed by atoms with E-state index in [9.17, 15) is 60.2 Å². The zero-order valence-corrected chi connectivity index (χ0v) is 61.6. The van der Waals surface area contributed by atoms with Gasteiger partial charge in [0.1, 0.15) is 23.8 Å². The highest BCUT2D eigenvalue weighted by molar-refractivity contribution is 5.99. The smallest absolute Gasteiger partial charge is 0.456 e. The highest BCUT2D eigenvalue weighted by Crippen LogP contribution is 2.47. The third-order valence-electron chi connectivity index (χ3n) is 21.6. The van der Waals surface area contributed by atoms with E-state index in [1.807, 2.05) is 69.7 Å². The number of methoxy groups -OCH3 is 1. The number of aromatic nitrogens is 3. The number of halogens is 6. The van der Waals surface area contributed by atoms with Crippen LogP contribution in [-0.2, 0) is 47.2 Å². The number of likely N-dealkylation sites (tertiary alicyclic amines) is 3. The molecule has 9 heterocycles. The van der Waals surface area contributed by atoms with Crippen molar-refractivity contribution in [3.8, 4) is 23.0 Å². The first-order valence-corrected chi connectivity index (χ1v) is 35.7. The van der Waals surface area contributed by atoms with Crippen LogP contribution in [0.5, 0.6) is 23.0 Å². The standard InChI is InChI=1S/C26H32F3N3O4.C26H35N3O4.C25H31F3N4O3.2H2/c1-17-15-18(5-7-20(17)36-16-24(2,3)35)23(34)31-11-9-25(10-12-31)21-8-6-19(22(33)26(27,28)29)32(21)14-13-30(25)4;1-6-18(2)33-22-9-7-20(17-23(22)32-5)25(31)28-13-11-26(12-14-28)24-10-8-21(19(3)30)29(24)16-15-27(26)4;1-16(2)35-19-5-4-18(14-17(19)3)23(34)30-10-8-24(9-11-30)20-6-7-21(25(26,27)28)32(20)13-12-31(24)15-22(29)33;;/h5-8,15,35H,9-14,16H2,1-4H3;7-10,17-18H,6,11-16H2,1-5H3;4-7,14,16H,8-13,15H2,1-3H3,(H2,29,33);2*1H/t;18-;;;/m.1.../s1. The number of hydrogen-bond donors (Lipinski definition) is 2. The molecule has 0 bridgehead atoms. The molecular formula is C77H102F6N10O11. The summed E-state index contributed by atoms with van der Waals surface area (Å²) in [6, 6.07) is 25.5. The number of nitrogens with two attached hydrogens (primary N) is 1. The van der Waals surface area contributed by atoms with E-state index < -0.39 is 46.4 Å². The van der Waals surface area contributed by atoms with Gasteiger partial charge in [-0.05, 0) is 210 Å². The second-order valence-corrected chi connectivity index (χ2v) is 29.3. The molecule has 0 aliphatic carbocycles. The first kappa shape index (κ1) is 77.9. The van der Waals surface area contributed by atoms with Gasteiger partial charge >= 0.3 is 12.4 Å². The maximum absolute atomic E-state index is 13.6. The Hall–Kier alpha value is -8.66. The molecular weight excluding hydrogens is 1350 g/mol. The Morgan fingerprint density at radius 3 is 1.41 bits per heavy atom. The summed E-state index contributed by atoms with van der Waals surface area (Å²) in [5, 5.41) is 9.87. The lowest BCUT2D eigenvalue weighted by Crippen LogP contribution is -2.59. The molecule has 0 unspecified atom stereocenters. The average molecular weight is 1460 g/mol. The van der Waals surface area contributed by atoms with E-state index in [1.165, 1.54) is 27.0 Å². The van der Waals surface area contributed by atoms with Gasteiger partial charge in [0.15, 0.2) is 17.3 Å². The molecule has 568 valence electrons. The molecule has 21 nitrogen and oxygen atoms in total. The third-order valence-corrected chi connectivity index (χ3v) is 21.6. The molecule has 6 aliphatic heterocycles. The van der Waals surface area contributed by atoms with Gasteiger partial charge in [-0.1, -0.05) is 6.92 Å². The monoisotopic (exact) mass is 1460 g/mol. The van der Waals surface area contributed by atoms with Crippen molar-refractivity contribution in [1.29, 1.82) is 0 Å². The van der Waals surface area contributed by atoms with E-state index >= 15 is 0 Å². The van der Waals surface area contributed by atoms with Crippen LogP contribution >= 0.6 is 0 Å². The fraction of sp³-hybridized carbons (Fsp3) is 0.532. The highest BCUT2D eigenvalue weighted by atomic mass is 19.4. The molecule has 3 fully saturated rings. The van der Waals surface area contributed by atoms with Crippen LogP contribution in [-0.4, -0.2) is 201 Å². The molecule has 3 N–H and O–H groups in total. The molecule has 12 rings (SSSR count). The summed E-state index contributed by atoms with van der Waals surface area (Å²) in [5.74, 6) is 0.0543. The maximum atomic E-state index is 13.6. The Kier molecular flexibility index (Phi) is 23.1. The van der Waals surface area contributed by atoms with E-state index in [0.717, 1.165) is 61.0 Å². The van der Waals surface area contributed by atoms with Gasteiger partial charge in [0.05, 0.1) is 59.5 Å². The molecule has 0 radical (unpaired) electrons. The number of piperidine rings is 3. The minimum atomic E-state index is -4.92. The Morgan fingerprint density at radius 2 is 0.981 bits per heavy atom. The van der Waals surface area contributed by atoms with Gasteiger partial charge < -0.3 is 58.2 Å². The minimum Gasteiger partial charge on any atom is -0.493 e. The first-order valence-electron chi connectivity index (χ1n) is 35.7. The van der Waals surface area contributed by atoms with Crippen molar-refractivity contribution >= 4 is 35.2 Å². The van der Waals surface area contributed by atoms with Gasteiger partial charge in [0.2, 0.25) is 5.91 Å². The van der Waals surface area contributed by atoms with Crippen molar-refractivity contribution in [1.82, 2.24) is 43.1 Å². The summed E-state index contributed by atoms with van der Waals surface area (Å²) in [7, 11) is 5.69. The van der Waals surface area contributed by atoms with E-state index in [0.29, 0.717) is 123 Å². The molecule has 1 atom stereocenters. The van der Waals surface area contributed by atoms with Crippen LogP contribution in [0.1, 0.15) is 182 Å². The number of ether oxygens (including phenoxy) is 4. The summed E-state index contributed by atoms with van der Waals surface area (Å²) in [6.07, 6.45) is -4.83. The van der Waals surface area contributed by atoms with E-state index in [-0.39, 0.29) is 76.0 Å². The van der Waals surface area contributed by atoms with Crippen LogP contribution in [0, 0.1) is 13.8 Å². The number of carbonyl (C=O) groups excluding carboxylic acids is 6. The van der Waals surface area contributed by atoms with E-state index in [2.05, 4.69) is 34.4 Å². The SMILES string of the molecule is CC[C@@H](C)Oc1ccc(C(=O)N2CCC3(CC2)c2ccc(C(C)=O)n2CCN3C)cc1OC.Cc1cc(C(=O)N2CCC3(CC2)c2ccc(C(=O)C(F)(F)F)n2CCN3C)ccc1OCC(C)(C)O.Cc1cc(C(=O)N2CCC3(CC2)c2ccc(C(F)(F)F)n2CCN3CC(N)=O)ccc1OC(C)C.[HH].[HH]. The fourth-order valence-electron chi connectivity index (χ4n) is 15.8. The van der Waals surface area contributed by atoms with E-state index in [1.54, 1.807) is 86.2 Å². The van der Waals surface area contributed by atoms with Crippen LogP contribution in [0.4, 0.5) is 26.3 Å². The molecule has 3 saturated heterocycles. The lowest BCUT2D eigenvalue weighted by atomic mass is 9.80. The molecule has 3 aromatic heterocycles. The lowest BCUT2D eigenvalue weighted by Gasteiger charge is -2.51. The zero-order valence-electron chi connectivity index (χ0n) is 61.6. The summed E-state index contributed by atoms with van der Waals surface area (Å²) < 4.78 is 108. The normalized spacial score (nSPS) is 18.3. The molecule has 6 aliphatic rings. The molecule has 0 saturated carbocycles. The second kappa shape index (κ2) is 30.8. The summed E-state index contributed by atoms with van der Waals surface area (Å²) in [5.41, 5.74) is 8.51. The van der Waals surface area contributed by atoms with Crippen LogP contribution in [0.3, 0.4) is 0 Å². The number of aryl methyl sites for hydroxylation is 2. The number of rotatable bonds is 16. The molecule has 6 aromatic rings. The Labute approximate surface area is 606 Å². The summed E-state index contributed by atoms with van der Waals surface area (Å²) >= 11 is 0. The Morgan fingerprint density at radius 1 is 0.548 bits per heavy atom. The van der Waals surface area contributed by atoms with Gasteiger partial charge in [-0.2, -0.15) is 26.3 Å². The van der Waals surface area contributed by atoms with Crippen molar-refractivity contribution in [2.45, 2.75) is 174 Å². The van der Waals surface area contributed by atoms with Crippen LogP contribution < -0.4 is 24.7 Å². The fourth-order valence-corrected chi connectivity index (χ4v) is 15.8. The molecule has 104 heavy (non-hydrogen) atoms. The number of carbonyl (C=O) groups is 6. The van der Waals surface area contributed by atoms with Gasteiger partial charge in [0.25, 0.3) is 23.5 Å². The number of nitrogens with zero attached hydrogens (tertiary/aromatic N) is 9. The van der Waals surface area contributed by atoms with Crippen LogP contribution in [0.2, 0.25) is 0 Å². The maximum Gasteiger partial charge on any atom is 0.456 e.